The predicted octanol–water partition coefficient (Wildman–Crippen LogP) is 4.91. The van der Waals surface area contributed by atoms with Crippen LogP contribution in [0, 0.1) is 50.2 Å². The minimum Gasteiger partial charge on any atom is -0.508 e. The number of hydrogen-bond acceptors (Lipinski definition) is 23. The Bertz CT molecular complexity index is 3850. The van der Waals surface area contributed by atoms with Crippen LogP contribution in [-0.2, 0) is 42.8 Å². The molecule has 12 unspecified atom stereocenters. The molecule has 27 heteroatoms. The maximum atomic E-state index is 15.8. The van der Waals surface area contributed by atoms with Crippen molar-refractivity contribution in [2.75, 3.05) is 25.1 Å². The van der Waals surface area contributed by atoms with Gasteiger partial charge < -0.3 is 110 Å². The highest BCUT2D eigenvalue weighted by Gasteiger charge is 2.72. The van der Waals surface area contributed by atoms with E-state index in [4.69, 9.17) is 45.1 Å². The van der Waals surface area contributed by atoms with E-state index in [0.717, 1.165) is 18.3 Å². The van der Waals surface area contributed by atoms with Crippen LogP contribution in [0.15, 0.2) is 75.5 Å². The number of carbonyl (C=O) groups excluding carboxylic acids is 3. The summed E-state index contributed by atoms with van der Waals surface area (Å²) in [5.74, 6) is -3.14. The molecule has 2 aromatic carbocycles. The molecule has 6 aliphatic carbocycles. The minimum absolute atomic E-state index is 0.0691. The summed E-state index contributed by atoms with van der Waals surface area (Å²) in [7, 11) is 0. The van der Waals surface area contributed by atoms with Gasteiger partial charge in [-0.3, -0.25) is 14.4 Å². The molecule has 101 heavy (non-hydrogen) atoms. The van der Waals surface area contributed by atoms with Crippen molar-refractivity contribution >= 4 is 58.1 Å². The highest BCUT2D eigenvalue weighted by molar-refractivity contribution is 7.80. The molecule has 0 bridgehead atoms. The standard InChI is InChI=1S/C74H97N3O23S/c1-35-61(98-64-59(89)56(86)45(82)33-94-64)58(88)60(90)65(95-35)99-62-57(87)55(77-53(85)11-9-8-10-26-75-68(101)76-36-12-15-39(42(27-36)63(91)92)54-40-16-13-37(80)28-46(40)96-47-29-38(81)14-17-41(47)54)48(32-78)97-66(62)100-67(93)74-25-24-69(2,3)30-44(74)43-18-19-50-70(4)22-21-51(83)71(5,34-79)49(70)20-23-72(50,6)73(43,7)31-52(74)84/h12-18,27-29,34-35,44-45,48-52,55-62,64-66,78,80,82-84,86-90H,8-11,19-26,30-33H2,1-7H3,(H,77,85)(H,91,92)(H2,75,76,101)/t35?,44?,45-,48?,49-,50?,51+,52?,55+,56?,57?,58?,59?,60?,61+,62?,64+,65+,66+,70?,71-,72+,73-,74-/m1/s1. The topological polar surface area (TPSA) is 412 Å². The molecule has 10 aliphatic rings. The lowest BCUT2D eigenvalue weighted by Crippen LogP contribution is -2.69. The number of aliphatic hydroxyl groups is 9. The highest BCUT2D eigenvalue weighted by Crippen LogP contribution is 2.76. The number of nitrogens with one attached hydrogen (secondary N) is 3. The Morgan fingerprint density at radius 3 is 2.22 bits per heavy atom. The molecule has 4 aliphatic heterocycles. The number of ether oxygens (including phenoxy) is 6. The van der Waals surface area contributed by atoms with E-state index in [1.165, 1.54) is 37.3 Å². The van der Waals surface area contributed by atoms with Crippen LogP contribution in [0.1, 0.15) is 142 Å². The zero-order valence-electron chi connectivity index (χ0n) is 57.9. The molecule has 0 spiro atoms. The van der Waals surface area contributed by atoms with Crippen LogP contribution in [-0.4, -0.2) is 203 Å². The first-order chi connectivity index (χ1) is 47.7. The summed E-state index contributed by atoms with van der Waals surface area (Å²) in [5.41, 5.74) is -1.69. The van der Waals surface area contributed by atoms with E-state index in [9.17, 15) is 75.3 Å². The number of aliphatic hydroxyl groups excluding tert-OH is 9. The molecular formula is C74H97N3O23S. The number of aldehydes is 1. The molecule has 2 aromatic rings. The van der Waals surface area contributed by atoms with Gasteiger partial charge in [-0.05, 0) is 171 Å². The Hall–Kier alpha value is -6.12. The number of phenolic OH excluding ortho intramolecular Hbond substituents is 1. The average molecular weight is 1430 g/mol. The quantitative estimate of drug-likeness (QED) is 0.0157. The summed E-state index contributed by atoms with van der Waals surface area (Å²) < 4.78 is 42.6. The number of aromatic carboxylic acids is 1. The monoisotopic (exact) mass is 1430 g/mol. The fraction of sp³-hybridized carbons (Fsp3) is 0.649. The predicted molar refractivity (Wildman–Crippen MR) is 366 cm³/mol. The van der Waals surface area contributed by atoms with Gasteiger partial charge in [0, 0.05) is 47.3 Å². The van der Waals surface area contributed by atoms with Crippen LogP contribution >= 0.6 is 12.2 Å². The number of carbonyl (C=O) groups is 4. The van der Waals surface area contributed by atoms with Crippen LogP contribution < -0.4 is 21.4 Å². The summed E-state index contributed by atoms with van der Waals surface area (Å²) in [5, 5.41) is 133. The molecule has 3 saturated heterocycles. The Morgan fingerprint density at radius 1 is 0.752 bits per heavy atom. The number of aromatic hydroxyl groups is 1. The molecule has 0 aromatic heterocycles. The zero-order valence-corrected chi connectivity index (χ0v) is 58.7. The van der Waals surface area contributed by atoms with E-state index >= 15 is 4.79 Å². The maximum Gasteiger partial charge on any atom is 0.336 e. The molecule has 26 nitrogen and oxygen atoms in total. The third-order valence-electron chi connectivity index (χ3n) is 25.1. The van der Waals surface area contributed by atoms with E-state index in [1.54, 1.807) is 24.3 Å². The first-order valence-corrected chi connectivity index (χ1v) is 35.7. The van der Waals surface area contributed by atoms with E-state index in [2.05, 4.69) is 56.6 Å². The van der Waals surface area contributed by atoms with Crippen molar-refractivity contribution in [1.82, 2.24) is 10.6 Å². The second-order valence-electron chi connectivity index (χ2n) is 31.4. The fourth-order valence-electron chi connectivity index (χ4n) is 19.2. The zero-order chi connectivity index (χ0) is 72.8. The van der Waals surface area contributed by atoms with E-state index in [1.807, 2.05) is 6.92 Å². The Kier molecular flexibility index (Phi) is 21.0. The summed E-state index contributed by atoms with van der Waals surface area (Å²) >= 11 is 5.58. The van der Waals surface area contributed by atoms with Crippen molar-refractivity contribution in [3.8, 4) is 28.2 Å². The van der Waals surface area contributed by atoms with Gasteiger partial charge >= 0.3 is 11.9 Å². The van der Waals surface area contributed by atoms with Crippen molar-refractivity contribution in [2.45, 2.75) is 230 Å². The number of unbranched alkanes of at least 4 members (excludes halogenated alkanes) is 2. The fourth-order valence-corrected chi connectivity index (χ4v) is 19.4. The number of benzene rings is 3. The SMILES string of the molecule is CC1O[C@@H](OC2C(O)[C@@H](NC(=O)CCCCCNC(=S)Nc3ccc(-c4c5ccc(=O)cc-5oc5cc(O)ccc45)c(C(=O)O)c3)C(CO)O[C@H]2OC(=O)[C@]23CCC(C)(C)CC2C2=CCC4C5(C)CC[C@H](O)[C@](C)(C=O)[C@@H]5CC[C@]4(C)[C@]2(C)CC3O)C(O)C(O)[C@H]1O[C@@H]1OC[C@@H](O)C(O)C1O. The number of thiocarbonyl (C=S) groups is 1. The van der Waals surface area contributed by atoms with Gasteiger partial charge in [0.15, 0.2) is 29.2 Å². The second kappa shape index (κ2) is 28.4. The van der Waals surface area contributed by atoms with Crippen molar-refractivity contribution in [3.05, 3.63) is 82.0 Å². The number of anilines is 1. The number of fused-ring (bicyclic) bond motifs is 9. The van der Waals surface area contributed by atoms with Gasteiger partial charge in [-0.25, -0.2) is 4.79 Å². The van der Waals surface area contributed by atoms with Crippen LogP contribution in [0.25, 0.3) is 33.4 Å². The highest BCUT2D eigenvalue weighted by atomic mass is 32.1. The summed E-state index contributed by atoms with van der Waals surface area (Å²) in [6.07, 6.45) is -14.9. The Labute approximate surface area is 590 Å². The Morgan fingerprint density at radius 2 is 1.49 bits per heavy atom. The van der Waals surface area contributed by atoms with Gasteiger partial charge in [0.2, 0.25) is 12.2 Å². The lowest BCUT2D eigenvalue weighted by Gasteiger charge is -2.71. The molecule has 0 radical (unpaired) electrons. The number of carboxylic acids is 1. The average Bonchev–Trinajstić information content (AvgIpc) is 0.671. The van der Waals surface area contributed by atoms with E-state index in [-0.39, 0.29) is 75.1 Å². The van der Waals surface area contributed by atoms with Gasteiger partial charge in [0.25, 0.3) is 0 Å². The molecule has 14 N–H and O–H groups in total. The molecular weight excluding hydrogens is 1330 g/mol. The number of allylic oxidation sites excluding steroid dienone is 2. The lowest BCUT2D eigenvalue weighted by molar-refractivity contribution is -0.370. The van der Waals surface area contributed by atoms with E-state index < -0.39 is 157 Å². The van der Waals surface area contributed by atoms with Crippen molar-refractivity contribution in [3.63, 3.8) is 0 Å². The third kappa shape index (κ3) is 13.2. The second-order valence-corrected chi connectivity index (χ2v) is 31.9. The summed E-state index contributed by atoms with van der Waals surface area (Å²) in [4.78, 5) is 67.9. The van der Waals surface area contributed by atoms with Crippen LogP contribution in [0.4, 0.5) is 5.69 Å². The summed E-state index contributed by atoms with van der Waals surface area (Å²) in [6.45, 7) is 13.4. The number of hydrogen-bond donors (Lipinski definition) is 14. The molecule has 7 fully saturated rings. The van der Waals surface area contributed by atoms with Crippen LogP contribution in [0.2, 0.25) is 0 Å². The molecule has 12 rings (SSSR count). The lowest BCUT2D eigenvalue weighted by atomic mass is 9.33. The molecule has 552 valence electrons. The first-order valence-electron chi connectivity index (χ1n) is 35.3. The van der Waals surface area contributed by atoms with Gasteiger partial charge in [0.1, 0.15) is 77.6 Å². The van der Waals surface area contributed by atoms with Gasteiger partial charge in [-0.1, -0.05) is 65.7 Å². The number of esters is 1. The number of amides is 1. The molecule has 4 saturated carbocycles. The van der Waals surface area contributed by atoms with E-state index in [0.29, 0.717) is 92.1 Å². The van der Waals surface area contributed by atoms with Crippen LogP contribution in [0.3, 0.4) is 0 Å². The Balaban J connectivity index is 0.737. The number of phenols is 1. The van der Waals surface area contributed by atoms with Crippen LogP contribution in [0.5, 0.6) is 5.75 Å². The normalized spacial score (nSPS) is 39.6. The molecule has 1 amide bonds. The minimum atomic E-state index is -2.00. The number of rotatable bonds is 18. The molecule has 4 heterocycles. The first kappa shape index (κ1) is 74.6. The van der Waals surface area contributed by atoms with Crippen molar-refractivity contribution in [1.29, 1.82) is 0 Å². The smallest absolute Gasteiger partial charge is 0.336 e. The number of carboxylic acid groups (broad SMARTS) is 1. The largest absolute Gasteiger partial charge is 0.508 e. The third-order valence-corrected chi connectivity index (χ3v) is 25.3. The van der Waals surface area contributed by atoms with Crippen molar-refractivity contribution < 1.29 is 108 Å². The van der Waals surface area contributed by atoms with Gasteiger partial charge in [0.05, 0.1) is 48.5 Å². The van der Waals surface area contributed by atoms with Gasteiger partial charge in [-0.15, -0.1) is 0 Å². The maximum absolute atomic E-state index is 15.8. The van der Waals surface area contributed by atoms with Crippen molar-refractivity contribution in [2.24, 2.45) is 50.2 Å². The summed E-state index contributed by atoms with van der Waals surface area (Å²) in [6, 6.07) is 11.9. The van der Waals surface area contributed by atoms with Gasteiger partial charge in [-0.2, -0.15) is 0 Å². The molecule has 24 atom stereocenters.